The van der Waals surface area contributed by atoms with Gasteiger partial charge in [0.1, 0.15) is 0 Å². The van der Waals surface area contributed by atoms with E-state index in [1.165, 1.54) is 0 Å². The maximum atomic E-state index is 12.6. The molecule has 23 heavy (non-hydrogen) atoms. The van der Waals surface area contributed by atoms with Crippen molar-refractivity contribution in [3.05, 3.63) is 0 Å². The van der Waals surface area contributed by atoms with E-state index in [0.717, 1.165) is 0 Å². The first kappa shape index (κ1) is 22.3. The molecule has 0 aromatic carbocycles. The smallest absolute Gasteiger partial charge is 0.263 e. The Hall–Kier alpha value is -0.740. The molecular formula is C7H8F8O6S2. The molecule has 1 atom stereocenters. The molecule has 0 saturated carbocycles. The first-order chi connectivity index (χ1) is 9.99. The van der Waals surface area contributed by atoms with E-state index in [-0.39, 0.29) is 0 Å². The van der Waals surface area contributed by atoms with Gasteiger partial charge in [0.2, 0.25) is 0 Å². The van der Waals surface area contributed by atoms with E-state index in [2.05, 4.69) is 8.37 Å². The summed E-state index contributed by atoms with van der Waals surface area (Å²) in [4.78, 5) is 0. The van der Waals surface area contributed by atoms with Gasteiger partial charge in [0.25, 0.3) is 0 Å². The van der Waals surface area contributed by atoms with Crippen molar-refractivity contribution < 1.29 is 60.3 Å². The van der Waals surface area contributed by atoms with Gasteiger partial charge in [-0.25, -0.2) is 17.6 Å². The van der Waals surface area contributed by atoms with Gasteiger partial charge in [-0.2, -0.15) is 34.4 Å². The molecule has 0 aliphatic carbocycles. The molecule has 0 aliphatic heterocycles. The Morgan fingerprint density at radius 2 is 1.17 bits per heavy atom. The van der Waals surface area contributed by atoms with Crippen LogP contribution < -0.4 is 0 Å². The molecule has 0 N–H and O–H groups in total. The first-order valence-corrected chi connectivity index (χ1v) is 7.94. The zero-order chi connectivity index (χ0) is 18.9. The second kappa shape index (κ2) is 7.02. The highest BCUT2D eigenvalue weighted by molar-refractivity contribution is 7.88. The molecule has 0 radical (unpaired) electrons. The van der Waals surface area contributed by atoms with Gasteiger partial charge >= 0.3 is 43.6 Å². The normalized spacial score (nSPS) is 16.1. The van der Waals surface area contributed by atoms with Gasteiger partial charge in [-0.05, 0) is 6.92 Å². The van der Waals surface area contributed by atoms with E-state index in [1.807, 2.05) is 0 Å². The molecule has 140 valence electrons. The Balaban J connectivity index is 4.99. The van der Waals surface area contributed by atoms with Gasteiger partial charge in [0, 0.05) is 0 Å². The number of halogens is 8. The lowest BCUT2D eigenvalue weighted by Crippen LogP contribution is -2.41. The molecule has 0 fully saturated rings. The third-order valence-electron chi connectivity index (χ3n) is 1.92. The van der Waals surface area contributed by atoms with Gasteiger partial charge in [-0.1, -0.05) is 0 Å². The third-order valence-corrected chi connectivity index (χ3v) is 4.64. The van der Waals surface area contributed by atoms with Crippen molar-refractivity contribution in [3.8, 4) is 0 Å². The minimum atomic E-state index is -6.27. The molecule has 0 amide bonds. The number of hydrogen-bond donors (Lipinski definition) is 0. The fourth-order valence-electron chi connectivity index (χ4n) is 0.790. The maximum Gasteiger partial charge on any atom is 0.428 e. The lowest BCUT2D eigenvalue weighted by molar-refractivity contribution is -0.0759. The fraction of sp³-hybridized carbons (Fsp3) is 1.00. The average Bonchev–Trinajstić information content (AvgIpc) is 2.35. The van der Waals surface area contributed by atoms with E-state index < -0.39 is 56.3 Å². The summed E-state index contributed by atoms with van der Waals surface area (Å²) >= 11 is 0. The standard InChI is InChI=1S/C7H8F8O6S2/c1-3(21-23(18,19)7(14,15)5(10)11)2-20-22(16,17)6(12,13)4(8)9/h3-5H,2H2,1H3. The van der Waals surface area contributed by atoms with Gasteiger partial charge < -0.3 is 0 Å². The SMILES string of the molecule is CC(COS(=O)(=O)C(F)(F)C(F)F)OS(=O)(=O)C(F)(F)C(F)F. The summed E-state index contributed by atoms with van der Waals surface area (Å²) in [7, 11) is -12.5. The van der Waals surface area contributed by atoms with Gasteiger partial charge in [-0.3, -0.25) is 8.37 Å². The molecule has 0 aromatic rings. The molecule has 0 bridgehead atoms. The van der Waals surface area contributed by atoms with Crippen molar-refractivity contribution in [3.63, 3.8) is 0 Å². The lowest BCUT2D eigenvalue weighted by Gasteiger charge is -2.20. The van der Waals surface area contributed by atoms with Gasteiger partial charge in [-0.15, -0.1) is 0 Å². The summed E-state index contributed by atoms with van der Waals surface area (Å²) in [5.74, 6) is 0. The highest BCUT2D eigenvalue weighted by atomic mass is 32.2. The second-order valence-electron chi connectivity index (χ2n) is 3.82. The van der Waals surface area contributed by atoms with Gasteiger partial charge in [0.15, 0.2) is 0 Å². The molecule has 6 nitrogen and oxygen atoms in total. The quantitative estimate of drug-likeness (QED) is 0.430. The Kier molecular flexibility index (Phi) is 6.79. The average molecular weight is 404 g/mol. The van der Waals surface area contributed by atoms with E-state index >= 15 is 0 Å². The summed E-state index contributed by atoms with van der Waals surface area (Å²) in [5.41, 5.74) is 0. The molecule has 1 unspecified atom stereocenters. The van der Waals surface area contributed by atoms with Crippen LogP contribution in [0.25, 0.3) is 0 Å². The van der Waals surface area contributed by atoms with Gasteiger partial charge in [0.05, 0.1) is 12.7 Å². The molecule has 0 aliphatic rings. The van der Waals surface area contributed by atoms with Crippen molar-refractivity contribution in [1.29, 1.82) is 0 Å². The minimum Gasteiger partial charge on any atom is -0.263 e. The third kappa shape index (κ3) is 4.87. The maximum absolute atomic E-state index is 12.6. The highest BCUT2D eigenvalue weighted by Gasteiger charge is 2.57. The van der Waals surface area contributed by atoms with E-state index in [9.17, 15) is 52.0 Å². The molecule has 0 aromatic heterocycles. The van der Waals surface area contributed by atoms with Crippen LogP contribution in [0, 0.1) is 0 Å². The molecular weight excluding hydrogens is 396 g/mol. The van der Waals surface area contributed by atoms with Crippen LogP contribution in [0.1, 0.15) is 6.92 Å². The minimum absolute atomic E-state index is 0.467. The number of alkyl halides is 8. The van der Waals surface area contributed by atoms with E-state index in [0.29, 0.717) is 6.92 Å². The molecule has 0 saturated heterocycles. The topological polar surface area (TPSA) is 86.7 Å². The van der Waals surface area contributed by atoms with Crippen LogP contribution in [-0.4, -0.2) is 52.9 Å². The molecule has 0 rings (SSSR count). The van der Waals surface area contributed by atoms with Crippen LogP contribution in [0.2, 0.25) is 0 Å². The van der Waals surface area contributed by atoms with E-state index in [4.69, 9.17) is 0 Å². The Labute approximate surface area is 124 Å². The first-order valence-electron chi connectivity index (χ1n) is 5.12. The monoisotopic (exact) mass is 404 g/mol. The van der Waals surface area contributed by atoms with Crippen LogP contribution in [0.3, 0.4) is 0 Å². The summed E-state index contributed by atoms with van der Waals surface area (Å²) < 4.78 is 148. The number of hydrogen-bond acceptors (Lipinski definition) is 6. The predicted molar refractivity (Wildman–Crippen MR) is 56.2 cm³/mol. The Morgan fingerprint density at radius 1 is 0.826 bits per heavy atom. The summed E-state index contributed by atoms with van der Waals surface area (Å²) in [6.45, 7) is -1.27. The lowest BCUT2D eigenvalue weighted by atomic mass is 10.5. The summed E-state index contributed by atoms with van der Waals surface area (Å²) in [6.07, 6.45) is -11.7. The van der Waals surface area contributed by atoms with Crippen LogP contribution in [0.15, 0.2) is 0 Å². The molecule has 16 heteroatoms. The predicted octanol–water partition coefficient (Wildman–Crippen LogP) is 1.78. The number of rotatable bonds is 9. The van der Waals surface area contributed by atoms with Crippen molar-refractivity contribution in [2.45, 2.75) is 36.4 Å². The van der Waals surface area contributed by atoms with Crippen LogP contribution in [-0.2, 0) is 28.6 Å². The zero-order valence-corrected chi connectivity index (χ0v) is 12.4. The van der Waals surface area contributed by atoms with Crippen LogP contribution in [0.4, 0.5) is 35.1 Å². The van der Waals surface area contributed by atoms with E-state index in [1.54, 1.807) is 0 Å². The van der Waals surface area contributed by atoms with Crippen LogP contribution in [0.5, 0.6) is 0 Å². The van der Waals surface area contributed by atoms with Crippen molar-refractivity contribution in [2.24, 2.45) is 0 Å². The Bertz CT molecular complexity index is 600. The van der Waals surface area contributed by atoms with Crippen LogP contribution >= 0.6 is 0 Å². The van der Waals surface area contributed by atoms with Crippen molar-refractivity contribution in [2.75, 3.05) is 6.61 Å². The fourth-order valence-corrected chi connectivity index (χ4v) is 2.37. The second-order valence-corrected chi connectivity index (χ2v) is 7.16. The molecule has 0 spiro atoms. The molecule has 0 heterocycles. The zero-order valence-electron chi connectivity index (χ0n) is 10.7. The van der Waals surface area contributed by atoms with Crippen molar-refractivity contribution in [1.82, 2.24) is 0 Å². The van der Waals surface area contributed by atoms with Crippen molar-refractivity contribution >= 4 is 20.2 Å². The summed E-state index contributed by atoms with van der Waals surface area (Å²) in [6, 6.07) is 0. The highest BCUT2D eigenvalue weighted by Crippen LogP contribution is 2.32. The Morgan fingerprint density at radius 3 is 1.52 bits per heavy atom. The summed E-state index contributed by atoms with van der Waals surface area (Å²) in [5, 5.41) is -11.3. The largest absolute Gasteiger partial charge is 0.428 e.